The van der Waals surface area contributed by atoms with Crippen molar-refractivity contribution in [2.24, 2.45) is 0 Å². The topological polar surface area (TPSA) is 84.2 Å². The molecule has 2 rings (SSSR count). The lowest BCUT2D eigenvalue weighted by molar-refractivity contribution is 0.470. The summed E-state index contributed by atoms with van der Waals surface area (Å²) in [7, 11) is -1.85. The maximum absolute atomic E-state index is 12.3. The summed E-state index contributed by atoms with van der Waals surface area (Å²) in [6.45, 7) is 2.68. The van der Waals surface area contributed by atoms with Crippen LogP contribution in [0, 0.1) is 0 Å². The zero-order chi connectivity index (χ0) is 15.5. The van der Waals surface area contributed by atoms with Crippen LogP contribution in [0.4, 0.5) is 0 Å². The second-order valence-corrected chi connectivity index (χ2v) is 7.89. The fourth-order valence-corrected chi connectivity index (χ4v) is 4.54. The molecule has 9 heteroatoms. The quantitative estimate of drug-likeness (QED) is 0.753. The van der Waals surface area contributed by atoms with Gasteiger partial charge in [0, 0.05) is 30.1 Å². The SMILES string of the molecule is CNCc1cc(S(=O)(=O)NCC(C)c2nccs2)c(Br)o1. The summed E-state index contributed by atoms with van der Waals surface area (Å²) in [6, 6.07) is 1.51. The summed E-state index contributed by atoms with van der Waals surface area (Å²) < 4.78 is 32.8. The minimum atomic E-state index is -3.62. The standard InChI is InChI=1S/C12H16BrN3O3S2/c1-8(12-15-3-4-20-12)6-16-21(17,18)10-5-9(7-14-2)19-11(10)13/h3-5,8,14,16H,6-7H2,1-2H3. The Labute approximate surface area is 136 Å². The molecular weight excluding hydrogens is 378 g/mol. The van der Waals surface area contributed by atoms with Crippen LogP contribution < -0.4 is 10.0 Å². The van der Waals surface area contributed by atoms with Crippen LogP contribution in [0.25, 0.3) is 0 Å². The van der Waals surface area contributed by atoms with E-state index in [1.807, 2.05) is 12.3 Å². The van der Waals surface area contributed by atoms with Gasteiger partial charge in [-0.1, -0.05) is 6.92 Å². The molecule has 2 aromatic rings. The summed E-state index contributed by atoms with van der Waals surface area (Å²) in [4.78, 5) is 4.29. The predicted molar refractivity (Wildman–Crippen MR) is 84.9 cm³/mol. The molecule has 0 bridgehead atoms. The number of rotatable bonds is 7. The molecule has 116 valence electrons. The third-order valence-corrected chi connectivity index (χ3v) is 6.09. The van der Waals surface area contributed by atoms with Crippen molar-refractivity contribution >= 4 is 37.3 Å². The van der Waals surface area contributed by atoms with Crippen molar-refractivity contribution < 1.29 is 12.8 Å². The van der Waals surface area contributed by atoms with E-state index in [9.17, 15) is 8.42 Å². The molecule has 0 aliphatic rings. The van der Waals surface area contributed by atoms with Gasteiger partial charge in [-0.05, 0) is 23.0 Å². The second kappa shape index (κ2) is 7.01. The highest BCUT2D eigenvalue weighted by Crippen LogP contribution is 2.26. The van der Waals surface area contributed by atoms with E-state index < -0.39 is 10.0 Å². The van der Waals surface area contributed by atoms with Crippen molar-refractivity contribution in [3.8, 4) is 0 Å². The van der Waals surface area contributed by atoms with E-state index in [2.05, 4.69) is 31.0 Å². The highest BCUT2D eigenvalue weighted by Gasteiger charge is 2.23. The maximum Gasteiger partial charge on any atom is 0.244 e. The normalized spacial score (nSPS) is 13.5. The number of sulfonamides is 1. The first-order chi connectivity index (χ1) is 9.94. The van der Waals surface area contributed by atoms with Crippen molar-refractivity contribution in [2.75, 3.05) is 13.6 Å². The lowest BCUT2D eigenvalue weighted by atomic mass is 10.2. The van der Waals surface area contributed by atoms with Crippen molar-refractivity contribution in [1.29, 1.82) is 0 Å². The summed E-state index contributed by atoms with van der Waals surface area (Å²) in [5.41, 5.74) is 0. The predicted octanol–water partition coefficient (Wildman–Crippen LogP) is 2.30. The summed E-state index contributed by atoms with van der Waals surface area (Å²) >= 11 is 4.65. The largest absolute Gasteiger partial charge is 0.452 e. The summed E-state index contributed by atoms with van der Waals surface area (Å²) in [5, 5.41) is 5.68. The average molecular weight is 394 g/mol. The number of nitrogens with one attached hydrogen (secondary N) is 2. The number of hydrogen-bond acceptors (Lipinski definition) is 6. The van der Waals surface area contributed by atoms with Crippen LogP contribution in [0.5, 0.6) is 0 Å². The third kappa shape index (κ3) is 4.13. The zero-order valence-electron chi connectivity index (χ0n) is 11.6. The van der Waals surface area contributed by atoms with E-state index in [0.29, 0.717) is 12.3 Å². The fourth-order valence-electron chi connectivity index (χ4n) is 1.72. The van der Waals surface area contributed by atoms with E-state index in [1.54, 1.807) is 13.2 Å². The maximum atomic E-state index is 12.3. The van der Waals surface area contributed by atoms with Crippen LogP contribution in [0.15, 0.2) is 31.6 Å². The Kier molecular flexibility index (Phi) is 5.55. The highest BCUT2D eigenvalue weighted by atomic mass is 79.9. The van der Waals surface area contributed by atoms with Gasteiger partial charge < -0.3 is 9.73 Å². The number of halogens is 1. The molecular formula is C12H16BrN3O3S2. The smallest absolute Gasteiger partial charge is 0.244 e. The molecule has 2 aromatic heterocycles. The zero-order valence-corrected chi connectivity index (χ0v) is 14.8. The first kappa shape index (κ1) is 16.6. The molecule has 0 aliphatic carbocycles. The second-order valence-electron chi connectivity index (χ2n) is 4.50. The number of aromatic nitrogens is 1. The lowest BCUT2D eigenvalue weighted by Crippen LogP contribution is -2.27. The van der Waals surface area contributed by atoms with Gasteiger partial charge in [0.1, 0.15) is 10.7 Å². The molecule has 0 aromatic carbocycles. The van der Waals surface area contributed by atoms with Crippen LogP contribution in [-0.4, -0.2) is 27.0 Å². The minimum Gasteiger partial charge on any atom is -0.452 e. The van der Waals surface area contributed by atoms with Crippen LogP contribution in [0.1, 0.15) is 23.6 Å². The van der Waals surface area contributed by atoms with E-state index in [0.717, 1.165) is 5.01 Å². The van der Waals surface area contributed by atoms with Crippen molar-refractivity contribution in [3.05, 3.63) is 33.1 Å². The Morgan fingerprint density at radius 3 is 2.90 bits per heavy atom. The van der Waals surface area contributed by atoms with Gasteiger partial charge in [0.05, 0.1) is 11.6 Å². The molecule has 0 amide bonds. The van der Waals surface area contributed by atoms with Crippen LogP contribution in [0.2, 0.25) is 0 Å². The first-order valence-corrected chi connectivity index (χ1v) is 9.41. The molecule has 21 heavy (non-hydrogen) atoms. The Hall–Kier alpha value is -0.740. The summed E-state index contributed by atoms with van der Waals surface area (Å²) in [6.07, 6.45) is 1.71. The average Bonchev–Trinajstić information content (AvgIpc) is 3.06. The number of thiazole rings is 1. The fraction of sp³-hybridized carbons (Fsp3) is 0.417. The number of nitrogens with zero attached hydrogens (tertiary/aromatic N) is 1. The molecule has 0 saturated carbocycles. The van der Waals surface area contributed by atoms with E-state index >= 15 is 0 Å². The van der Waals surface area contributed by atoms with Gasteiger partial charge >= 0.3 is 0 Å². The van der Waals surface area contributed by atoms with Gasteiger partial charge in [-0.3, -0.25) is 0 Å². The molecule has 1 unspecified atom stereocenters. The van der Waals surface area contributed by atoms with Gasteiger partial charge in [-0.15, -0.1) is 11.3 Å². The van der Waals surface area contributed by atoms with Gasteiger partial charge in [-0.25, -0.2) is 18.1 Å². The van der Waals surface area contributed by atoms with Crippen molar-refractivity contribution in [3.63, 3.8) is 0 Å². The van der Waals surface area contributed by atoms with Gasteiger partial charge in [0.2, 0.25) is 10.0 Å². The van der Waals surface area contributed by atoms with E-state index in [1.165, 1.54) is 17.4 Å². The minimum absolute atomic E-state index is 0.0160. The molecule has 2 heterocycles. The number of hydrogen-bond donors (Lipinski definition) is 2. The molecule has 0 fully saturated rings. The van der Waals surface area contributed by atoms with Gasteiger partial charge in [-0.2, -0.15) is 0 Å². The third-order valence-electron chi connectivity index (χ3n) is 2.80. The Bertz CT molecular complexity index is 683. The molecule has 0 saturated heterocycles. The molecule has 0 aliphatic heterocycles. The molecule has 1 atom stereocenters. The number of furan rings is 1. The molecule has 6 nitrogen and oxygen atoms in total. The lowest BCUT2D eigenvalue weighted by Gasteiger charge is -2.09. The monoisotopic (exact) mass is 393 g/mol. The Balaban J connectivity index is 2.08. The van der Waals surface area contributed by atoms with Crippen LogP contribution in [0.3, 0.4) is 0 Å². The molecule has 0 radical (unpaired) electrons. The van der Waals surface area contributed by atoms with Gasteiger partial charge in [0.15, 0.2) is 4.67 Å². The first-order valence-electron chi connectivity index (χ1n) is 6.26. The highest BCUT2D eigenvalue weighted by molar-refractivity contribution is 9.10. The van der Waals surface area contributed by atoms with Crippen molar-refractivity contribution in [2.45, 2.75) is 24.3 Å². The summed E-state index contributed by atoms with van der Waals surface area (Å²) in [5.74, 6) is 0.569. The van der Waals surface area contributed by atoms with E-state index in [4.69, 9.17) is 4.42 Å². The molecule has 0 spiro atoms. The van der Waals surface area contributed by atoms with Gasteiger partial charge in [0.25, 0.3) is 0 Å². The van der Waals surface area contributed by atoms with Crippen molar-refractivity contribution in [1.82, 2.24) is 15.0 Å². The Morgan fingerprint density at radius 1 is 1.52 bits per heavy atom. The van der Waals surface area contributed by atoms with Crippen LogP contribution >= 0.6 is 27.3 Å². The Morgan fingerprint density at radius 2 is 2.29 bits per heavy atom. The van der Waals surface area contributed by atoms with E-state index in [-0.39, 0.29) is 22.0 Å². The molecule has 2 N–H and O–H groups in total. The van der Waals surface area contributed by atoms with Crippen LogP contribution in [-0.2, 0) is 16.6 Å².